The number of nitrogens with one attached hydrogen (secondary N) is 3. The highest BCUT2D eigenvalue weighted by atomic mass is 15.2. The van der Waals surface area contributed by atoms with Crippen LogP contribution in [0, 0.1) is 0 Å². The highest BCUT2D eigenvalue weighted by molar-refractivity contribution is 5.99. The molecule has 0 aliphatic heterocycles. The molecule has 6 aromatic rings. The first-order valence-corrected chi connectivity index (χ1v) is 16.0. The van der Waals surface area contributed by atoms with Crippen LogP contribution in [0.4, 0.5) is 11.4 Å². The van der Waals surface area contributed by atoms with Gasteiger partial charge in [-0.3, -0.25) is 10.6 Å². The van der Waals surface area contributed by atoms with Gasteiger partial charge in [0.1, 0.15) is 0 Å². The van der Waals surface area contributed by atoms with E-state index in [1.165, 1.54) is 38.9 Å². The minimum atomic E-state index is -0.320. The van der Waals surface area contributed by atoms with Crippen molar-refractivity contribution in [3.05, 3.63) is 179 Å². The lowest BCUT2D eigenvalue weighted by Gasteiger charge is -2.26. The van der Waals surface area contributed by atoms with Gasteiger partial charge in [-0.05, 0) is 62.7 Å². The number of anilines is 2. The minimum absolute atomic E-state index is 0.0645. The van der Waals surface area contributed by atoms with Crippen LogP contribution in [-0.4, -0.2) is 0 Å². The van der Waals surface area contributed by atoms with E-state index in [2.05, 4.69) is 157 Å². The van der Waals surface area contributed by atoms with E-state index in [-0.39, 0.29) is 17.7 Å². The average Bonchev–Trinajstić information content (AvgIpc) is 3.34. The lowest BCUT2D eigenvalue weighted by atomic mass is 9.81. The molecule has 6 aromatic carbocycles. The van der Waals surface area contributed by atoms with Crippen molar-refractivity contribution in [2.75, 3.05) is 5.32 Å². The number of hydrogen-bond acceptors (Lipinski definition) is 4. The van der Waals surface area contributed by atoms with E-state index in [0.29, 0.717) is 6.54 Å². The predicted molar refractivity (Wildman–Crippen MR) is 192 cm³/mol. The van der Waals surface area contributed by atoms with E-state index in [1.54, 1.807) is 0 Å². The Kier molecular flexibility index (Phi) is 8.25. The Morgan fingerprint density at radius 1 is 0.587 bits per heavy atom. The van der Waals surface area contributed by atoms with Crippen molar-refractivity contribution in [1.82, 2.24) is 10.6 Å². The first-order valence-electron chi connectivity index (χ1n) is 16.0. The fourth-order valence-electron chi connectivity index (χ4n) is 6.74. The molecule has 4 nitrogen and oxygen atoms in total. The van der Waals surface area contributed by atoms with Gasteiger partial charge in [0.2, 0.25) is 0 Å². The van der Waals surface area contributed by atoms with Gasteiger partial charge in [-0.2, -0.15) is 0 Å². The van der Waals surface area contributed by atoms with Gasteiger partial charge >= 0.3 is 0 Å². The molecule has 7 rings (SSSR count). The fourth-order valence-corrected chi connectivity index (χ4v) is 6.74. The van der Waals surface area contributed by atoms with Crippen LogP contribution in [0.25, 0.3) is 22.3 Å². The number of fused-ring (bicyclic) bond motifs is 3. The van der Waals surface area contributed by atoms with E-state index in [9.17, 15) is 0 Å². The van der Waals surface area contributed by atoms with Gasteiger partial charge in [-0.25, -0.2) is 0 Å². The van der Waals surface area contributed by atoms with Crippen molar-refractivity contribution in [2.45, 2.75) is 38.1 Å². The zero-order valence-corrected chi connectivity index (χ0v) is 26.4. The highest BCUT2D eigenvalue weighted by Crippen LogP contribution is 2.54. The molecule has 1 aliphatic rings. The van der Waals surface area contributed by atoms with Gasteiger partial charge in [0.05, 0.1) is 12.3 Å². The fraction of sp³-hybridized carbons (Fsp3) is 0.143. The van der Waals surface area contributed by atoms with Crippen LogP contribution >= 0.6 is 0 Å². The molecule has 228 valence electrons. The van der Waals surface area contributed by atoms with Crippen molar-refractivity contribution < 1.29 is 0 Å². The summed E-state index contributed by atoms with van der Waals surface area (Å²) >= 11 is 0. The molecule has 5 N–H and O–H groups in total. The van der Waals surface area contributed by atoms with Crippen molar-refractivity contribution in [1.29, 1.82) is 0 Å². The molecule has 0 spiro atoms. The molecule has 0 saturated heterocycles. The van der Waals surface area contributed by atoms with Crippen LogP contribution < -0.4 is 21.7 Å². The Morgan fingerprint density at radius 2 is 1.22 bits per heavy atom. The molecular formula is C42H40N4. The molecule has 2 unspecified atom stereocenters. The van der Waals surface area contributed by atoms with Crippen LogP contribution in [0.2, 0.25) is 0 Å². The monoisotopic (exact) mass is 600 g/mol. The normalized spacial score (nSPS) is 14.2. The summed E-state index contributed by atoms with van der Waals surface area (Å²) in [5, 5.41) is 11.1. The first kappa shape index (κ1) is 29.7. The quantitative estimate of drug-likeness (QED) is 0.118. The molecule has 1 aliphatic carbocycles. The Morgan fingerprint density at radius 3 is 1.93 bits per heavy atom. The standard InChI is InChI=1S/C42H40N4/c1-42(2)35-21-13-12-20-34(35)39-36(42)26-27-37(38(39)30-16-8-4-9-17-30)45-33-24-22-32(23-25-33)41(44-28-29-14-6-3-7-15-29)46-40(43)31-18-10-5-11-19-31/h3-27,40-41,44-46H,28,43H2,1-2H3. The molecule has 0 radical (unpaired) electrons. The Bertz CT molecular complexity index is 1920. The van der Waals surface area contributed by atoms with Crippen LogP contribution in [0.1, 0.15) is 54.0 Å². The first-order chi connectivity index (χ1) is 22.5. The van der Waals surface area contributed by atoms with Gasteiger partial charge in [-0.1, -0.05) is 147 Å². The second-order valence-electron chi connectivity index (χ2n) is 12.5. The smallest absolute Gasteiger partial charge is 0.0852 e. The van der Waals surface area contributed by atoms with Crippen LogP contribution in [-0.2, 0) is 12.0 Å². The third-order valence-electron chi connectivity index (χ3n) is 9.19. The SMILES string of the molecule is CC1(C)c2ccccc2-c2c1ccc(Nc1ccc(C(NCc3ccccc3)NC(N)c3ccccc3)cc1)c2-c1ccccc1. The summed E-state index contributed by atoms with van der Waals surface area (Å²) in [4.78, 5) is 0. The van der Waals surface area contributed by atoms with Crippen LogP contribution in [0.5, 0.6) is 0 Å². The summed E-state index contributed by atoms with van der Waals surface area (Å²) in [5.41, 5.74) is 19.9. The Labute approximate surface area is 272 Å². The zero-order valence-electron chi connectivity index (χ0n) is 26.4. The number of rotatable bonds is 10. The van der Waals surface area contributed by atoms with Gasteiger partial charge in [0.15, 0.2) is 0 Å². The summed E-state index contributed by atoms with van der Waals surface area (Å²) in [6.45, 7) is 5.38. The highest BCUT2D eigenvalue weighted by Gasteiger charge is 2.37. The molecule has 0 saturated carbocycles. The molecule has 0 bridgehead atoms. The van der Waals surface area contributed by atoms with E-state index < -0.39 is 0 Å². The van der Waals surface area contributed by atoms with Gasteiger partial charge in [-0.15, -0.1) is 0 Å². The molecule has 0 amide bonds. The number of benzene rings is 6. The van der Waals surface area contributed by atoms with E-state index in [1.807, 2.05) is 24.3 Å². The second-order valence-corrected chi connectivity index (χ2v) is 12.5. The minimum Gasteiger partial charge on any atom is -0.355 e. The maximum Gasteiger partial charge on any atom is 0.0852 e. The molecule has 0 heterocycles. The van der Waals surface area contributed by atoms with Crippen molar-refractivity contribution in [2.24, 2.45) is 5.73 Å². The summed E-state index contributed by atoms with van der Waals surface area (Å²) in [6.07, 6.45) is -0.470. The van der Waals surface area contributed by atoms with Crippen molar-refractivity contribution >= 4 is 11.4 Å². The number of nitrogens with two attached hydrogens (primary N) is 1. The van der Waals surface area contributed by atoms with Crippen molar-refractivity contribution in [3.63, 3.8) is 0 Å². The predicted octanol–water partition coefficient (Wildman–Crippen LogP) is 9.44. The molecule has 2 atom stereocenters. The molecule has 0 fully saturated rings. The van der Waals surface area contributed by atoms with E-state index in [0.717, 1.165) is 22.5 Å². The summed E-state index contributed by atoms with van der Waals surface area (Å²) in [5.74, 6) is 0. The van der Waals surface area contributed by atoms with Gasteiger partial charge in [0.25, 0.3) is 0 Å². The molecule has 0 aromatic heterocycles. The largest absolute Gasteiger partial charge is 0.355 e. The summed E-state index contributed by atoms with van der Waals surface area (Å²) < 4.78 is 0. The topological polar surface area (TPSA) is 62.1 Å². The summed E-state index contributed by atoms with van der Waals surface area (Å²) in [7, 11) is 0. The van der Waals surface area contributed by atoms with E-state index >= 15 is 0 Å². The van der Waals surface area contributed by atoms with Crippen LogP contribution in [0.3, 0.4) is 0 Å². The van der Waals surface area contributed by atoms with Gasteiger partial charge in [0, 0.05) is 28.9 Å². The van der Waals surface area contributed by atoms with Crippen LogP contribution in [0.15, 0.2) is 152 Å². The Hall–Kier alpha value is -5.00. The maximum atomic E-state index is 6.64. The van der Waals surface area contributed by atoms with E-state index in [4.69, 9.17) is 5.73 Å². The molecule has 4 heteroatoms. The summed E-state index contributed by atoms with van der Waals surface area (Å²) in [6, 6.07) is 53.4. The average molecular weight is 601 g/mol. The van der Waals surface area contributed by atoms with Gasteiger partial charge < -0.3 is 11.1 Å². The maximum absolute atomic E-state index is 6.64. The Balaban J connectivity index is 1.21. The molecule has 46 heavy (non-hydrogen) atoms. The molecular weight excluding hydrogens is 560 g/mol. The lowest BCUT2D eigenvalue weighted by molar-refractivity contribution is 0.386. The zero-order chi connectivity index (χ0) is 31.5. The second kappa shape index (κ2) is 12.8. The third-order valence-corrected chi connectivity index (χ3v) is 9.19. The lowest BCUT2D eigenvalue weighted by Crippen LogP contribution is -2.39. The number of hydrogen-bond donors (Lipinski definition) is 4. The third kappa shape index (κ3) is 5.86. The van der Waals surface area contributed by atoms with Crippen molar-refractivity contribution in [3.8, 4) is 22.3 Å².